The minimum Gasteiger partial charge on any atom is -0.445 e. The molecule has 0 radical (unpaired) electrons. The topological polar surface area (TPSA) is 78.8 Å². The van der Waals surface area contributed by atoms with Gasteiger partial charge >= 0.3 is 6.09 Å². The minimum absolute atomic E-state index is 0.0512. The number of alkyl halides is 2. The Morgan fingerprint density at radius 3 is 2.60 bits per heavy atom. The first-order valence-electron chi connectivity index (χ1n) is 6.04. The summed E-state index contributed by atoms with van der Waals surface area (Å²) in [4.78, 5) is 11.3. The summed E-state index contributed by atoms with van der Waals surface area (Å²) in [7, 11) is 0. The Kier molecular flexibility index (Phi) is 6.33. The van der Waals surface area contributed by atoms with Crippen molar-refractivity contribution in [1.82, 2.24) is 5.32 Å². The highest BCUT2D eigenvalue weighted by Crippen LogP contribution is 2.18. The SMILES string of the molecule is O=C(NCC(O)CC(F)(F)CO)OCc1ccccc1. The number of hydrogen-bond donors (Lipinski definition) is 3. The number of carbonyl (C=O) groups is 1. The summed E-state index contributed by atoms with van der Waals surface area (Å²) in [6.45, 7) is -1.67. The molecule has 112 valence electrons. The Morgan fingerprint density at radius 2 is 2.00 bits per heavy atom. The second-order valence-corrected chi connectivity index (χ2v) is 4.31. The summed E-state index contributed by atoms with van der Waals surface area (Å²) in [5, 5.41) is 19.8. The molecule has 0 saturated heterocycles. The van der Waals surface area contributed by atoms with E-state index in [1.807, 2.05) is 6.07 Å². The Hall–Kier alpha value is -1.73. The summed E-state index contributed by atoms with van der Waals surface area (Å²) >= 11 is 0. The van der Waals surface area contributed by atoms with Gasteiger partial charge < -0.3 is 20.3 Å². The molecule has 0 aliphatic rings. The second-order valence-electron chi connectivity index (χ2n) is 4.31. The van der Waals surface area contributed by atoms with Crippen molar-refractivity contribution in [2.24, 2.45) is 0 Å². The van der Waals surface area contributed by atoms with Gasteiger partial charge in [0.15, 0.2) is 0 Å². The van der Waals surface area contributed by atoms with Crippen molar-refractivity contribution in [3.8, 4) is 0 Å². The first-order chi connectivity index (χ1) is 9.43. The molecule has 20 heavy (non-hydrogen) atoms. The van der Waals surface area contributed by atoms with Gasteiger partial charge in [0, 0.05) is 13.0 Å². The molecule has 0 aliphatic carbocycles. The lowest BCUT2D eigenvalue weighted by Crippen LogP contribution is -2.37. The Balaban J connectivity index is 2.23. The second kappa shape index (κ2) is 7.76. The Morgan fingerprint density at radius 1 is 1.35 bits per heavy atom. The smallest absolute Gasteiger partial charge is 0.407 e. The fourth-order valence-electron chi connectivity index (χ4n) is 1.46. The van der Waals surface area contributed by atoms with E-state index in [1.165, 1.54) is 0 Å². The molecular weight excluding hydrogens is 272 g/mol. The first-order valence-corrected chi connectivity index (χ1v) is 6.04. The molecule has 0 fully saturated rings. The highest BCUT2D eigenvalue weighted by Gasteiger charge is 2.31. The molecule has 1 aromatic carbocycles. The fraction of sp³-hybridized carbons (Fsp3) is 0.462. The van der Waals surface area contributed by atoms with E-state index in [1.54, 1.807) is 24.3 Å². The van der Waals surface area contributed by atoms with Crippen molar-refractivity contribution < 1.29 is 28.5 Å². The van der Waals surface area contributed by atoms with Crippen LogP contribution in [0, 0.1) is 0 Å². The molecule has 1 aromatic rings. The first kappa shape index (κ1) is 16.3. The van der Waals surface area contributed by atoms with Gasteiger partial charge in [-0.1, -0.05) is 30.3 Å². The van der Waals surface area contributed by atoms with Gasteiger partial charge in [-0.15, -0.1) is 0 Å². The molecular formula is C13H17F2NO4. The van der Waals surface area contributed by atoms with Crippen molar-refractivity contribution in [2.75, 3.05) is 13.2 Å². The number of benzene rings is 1. The van der Waals surface area contributed by atoms with E-state index in [0.717, 1.165) is 5.56 Å². The van der Waals surface area contributed by atoms with E-state index in [2.05, 4.69) is 5.32 Å². The molecule has 0 spiro atoms. The summed E-state index contributed by atoms with van der Waals surface area (Å²) in [6.07, 6.45) is -3.19. The molecule has 1 atom stereocenters. The van der Waals surface area contributed by atoms with Crippen molar-refractivity contribution in [2.45, 2.75) is 25.1 Å². The van der Waals surface area contributed by atoms with Crippen LogP contribution in [0.4, 0.5) is 13.6 Å². The normalized spacial score (nSPS) is 12.8. The van der Waals surface area contributed by atoms with Gasteiger partial charge in [0.1, 0.15) is 13.2 Å². The van der Waals surface area contributed by atoms with Crippen LogP contribution in [0.25, 0.3) is 0 Å². The maximum absolute atomic E-state index is 12.7. The van der Waals surface area contributed by atoms with Gasteiger partial charge in [-0.3, -0.25) is 0 Å². The van der Waals surface area contributed by atoms with E-state index in [-0.39, 0.29) is 13.2 Å². The molecule has 0 aromatic heterocycles. The summed E-state index contributed by atoms with van der Waals surface area (Å²) in [5.74, 6) is -3.37. The van der Waals surface area contributed by atoms with Crippen LogP contribution >= 0.6 is 0 Å². The molecule has 3 N–H and O–H groups in total. The van der Waals surface area contributed by atoms with Crippen LogP contribution in [0.3, 0.4) is 0 Å². The maximum Gasteiger partial charge on any atom is 0.407 e. The number of halogens is 2. The zero-order valence-corrected chi connectivity index (χ0v) is 10.8. The average molecular weight is 289 g/mol. The average Bonchev–Trinajstić information content (AvgIpc) is 2.43. The molecule has 7 heteroatoms. The zero-order chi connectivity index (χ0) is 15.0. The summed E-state index contributed by atoms with van der Waals surface area (Å²) in [5.41, 5.74) is 0.787. The van der Waals surface area contributed by atoms with E-state index in [4.69, 9.17) is 9.84 Å². The van der Waals surface area contributed by atoms with E-state index in [0.29, 0.717) is 0 Å². The molecule has 1 rings (SSSR count). The standard InChI is InChI=1S/C13H17F2NO4/c14-13(15,9-17)6-11(18)7-16-12(19)20-8-10-4-2-1-3-5-10/h1-5,11,17-18H,6-9H2,(H,16,19). The number of hydrogen-bond acceptors (Lipinski definition) is 4. The van der Waals surface area contributed by atoms with Gasteiger partial charge in [0.25, 0.3) is 5.92 Å². The van der Waals surface area contributed by atoms with Crippen LogP contribution in [0.15, 0.2) is 30.3 Å². The van der Waals surface area contributed by atoms with Gasteiger partial charge in [-0.25, -0.2) is 13.6 Å². The molecule has 1 amide bonds. The molecule has 0 bridgehead atoms. The molecule has 0 heterocycles. The van der Waals surface area contributed by atoms with Crippen molar-refractivity contribution in [3.63, 3.8) is 0 Å². The molecule has 1 unspecified atom stereocenters. The van der Waals surface area contributed by atoms with Crippen molar-refractivity contribution >= 4 is 6.09 Å². The number of alkyl carbamates (subject to hydrolysis) is 1. The number of carbonyl (C=O) groups excluding carboxylic acids is 1. The van der Waals surface area contributed by atoms with E-state index < -0.39 is 31.1 Å². The monoisotopic (exact) mass is 289 g/mol. The predicted octanol–water partition coefficient (Wildman–Crippen LogP) is 1.29. The lowest BCUT2D eigenvalue weighted by atomic mass is 10.1. The highest BCUT2D eigenvalue weighted by molar-refractivity contribution is 5.67. The highest BCUT2D eigenvalue weighted by atomic mass is 19.3. The largest absolute Gasteiger partial charge is 0.445 e. The van der Waals surface area contributed by atoms with Gasteiger partial charge in [0.2, 0.25) is 0 Å². The minimum atomic E-state index is -3.37. The number of ether oxygens (including phenoxy) is 1. The van der Waals surface area contributed by atoms with Crippen LogP contribution < -0.4 is 5.32 Å². The number of amides is 1. The molecule has 0 saturated carbocycles. The van der Waals surface area contributed by atoms with Crippen LogP contribution in [-0.4, -0.2) is 41.5 Å². The van der Waals surface area contributed by atoms with Gasteiger partial charge in [0.05, 0.1) is 6.10 Å². The predicted molar refractivity (Wildman–Crippen MR) is 67.3 cm³/mol. The van der Waals surface area contributed by atoms with Crippen molar-refractivity contribution in [1.29, 1.82) is 0 Å². The summed E-state index contributed by atoms with van der Waals surface area (Å²) < 4.78 is 30.3. The number of rotatable bonds is 7. The quantitative estimate of drug-likeness (QED) is 0.707. The van der Waals surface area contributed by atoms with Crippen LogP contribution in [0.2, 0.25) is 0 Å². The number of aliphatic hydroxyl groups is 2. The van der Waals surface area contributed by atoms with E-state index >= 15 is 0 Å². The Bertz CT molecular complexity index is 414. The van der Waals surface area contributed by atoms with Crippen molar-refractivity contribution in [3.05, 3.63) is 35.9 Å². The third kappa shape index (κ3) is 6.44. The number of aliphatic hydroxyl groups excluding tert-OH is 2. The van der Waals surface area contributed by atoms with Crippen LogP contribution in [-0.2, 0) is 11.3 Å². The van der Waals surface area contributed by atoms with Crippen LogP contribution in [0.1, 0.15) is 12.0 Å². The zero-order valence-electron chi connectivity index (χ0n) is 10.8. The number of nitrogens with one attached hydrogen (secondary N) is 1. The third-order valence-electron chi connectivity index (χ3n) is 2.46. The van der Waals surface area contributed by atoms with Gasteiger partial charge in [-0.05, 0) is 5.56 Å². The molecule has 5 nitrogen and oxygen atoms in total. The van der Waals surface area contributed by atoms with E-state index in [9.17, 15) is 18.7 Å². The maximum atomic E-state index is 12.7. The summed E-state index contributed by atoms with van der Waals surface area (Å²) in [6, 6.07) is 8.93. The lowest BCUT2D eigenvalue weighted by Gasteiger charge is -2.17. The fourth-order valence-corrected chi connectivity index (χ4v) is 1.46. The molecule has 0 aliphatic heterocycles. The van der Waals surface area contributed by atoms with Crippen LogP contribution in [0.5, 0.6) is 0 Å². The Labute approximate surface area is 115 Å². The van der Waals surface area contributed by atoms with Gasteiger partial charge in [-0.2, -0.15) is 0 Å². The lowest BCUT2D eigenvalue weighted by molar-refractivity contribution is -0.0809. The third-order valence-corrected chi connectivity index (χ3v) is 2.46.